The van der Waals surface area contributed by atoms with Crippen LogP contribution in [0.1, 0.15) is 36.0 Å². The number of halogens is 3. The number of nitrogens with one attached hydrogen (secondary N) is 1. The van der Waals surface area contributed by atoms with E-state index in [9.17, 15) is 22.8 Å². The van der Waals surface area contributed by atoms with E-state index in [0.29, 0.717) is 30.0 Å². The predicted molar refractivity (Wildman–Crippen MR) is 106 cm³/mol. The number of aromatic nitrogens is 1. The number of alkyl halides is 3. The van der Waals surface area contributed by atoms with E-state index < -0.39 is 15.6 Å². The van der Waals surface area contributed by atoms with Gasteiger partial charge in [-0.2, -0.15) is 21.6 Å². The van der Waals surface area contributed by atoms with Crippen molar-refractivity contribution in [3.05, 3.63) is 36.0 Å². The molecular weight excluding hydrogens is 453 g/mol. The zero-order valence-electron chi connectivity index (χ0n) is 16.7. The number of esters is 1. The van der Waals surface area contributed by atoms with Crippen LogP contribution in [0, 0.1) is 5.92 Å². The topological polar surface area (TPSA) is 117 Å². The van der Waals surface area contributed by atoms with Crippen molar-refractivity contribution in [3.8, 4) is 0 Å². The number of benzene rings is 1. The number of hydrogen-bond acceptors (Lipinski definition) is 6. The summed E-state index contributed by atoms with van der Waals surface area (Å²) >= 11 is 0. The second kappa shape index (κ2) is 8.16. The largest absolute Gasteiger partial charge is 0.522 e. The predicted octanol–water partition coefficient (Wildman–Crippen LogP) is 2.91. The molecule has 0 amide bonds. The summed E-state index contributed by atoms with van der Waals surface area (Å²) in [6.07, 6.45) is 5.29. The first-order chi connectivity index (χ1) is 14.9. The van der Waals surface area contributed by atoms with Gasteiger partial charge in [-0.25, -0.2) is 4.79 Å². The lowest BCUT2D eigenvalue weighted by atomic mass is 9.72. The first-order valence-electron chi connectivity index (χ1n) is 10.0. The Labute approximate surface area is 181 Å². The average molecular weight is 474 g/mol. The summed E-state index contributed by atoms with van der Waals surface area (Å²) in [7, 11) is -5.84. The van der Waals surface area contributed by atoms with Crippen LogP contribution in [0.3, 0.4) is 0 Å². The number of aromatic amines is 1. The Morgan fingerprint density at radius 2 is 1.72 bits per heavy atom. The van der Waals surface area contributed by atoms with Gasteiger partial charge in [-0.05, 0) is 18.9 Å². The number of piperidine rings is 4. The van der Waals surface area contributed by atoms with Gasteiger partial charge in [0.25, 0.3) is 0 Å². The quantitative estimate of drug-likeness (QED) is 0.391. The van der Waals surface area contributed by atoms with Crippen LogP contribution >= 0.6 is 0 Å². The maximum Gasteiger partial charge on any atom is 0.522 e. The van der Waals surface area contributed by atoms with E-state index in [1.165, 1.54) is 0 Å². The number of hydrogen-bond donors (Lipinski definition) is 2. The lowest BCUT2D eigenvalue weighted by Crippen LogP contribution is -2.63. The van der Waals surface area contributed by atoms with Crippen molar-refractivity contribution in [3.63, 3.8) is 0 Å². The van der Waals surface area contributed by atoms with Gasteiger partial charge < -0.3 is 9.72 Å². The molecule has 4 aliphatic rings. The fourth-order valence-corrected chi connectivity index (χ4v) is 4.87. The first-order valence-corrected chi connectivity index (χ1v) is 11.5. The highest BCUT2D eigenvalue weighted by molar-refractivity contribution is 7.86. The third-order valence-corrected chi connectivity index (χ3v) is 6.88. The Morgan fingerprint density at radius 3 is 2.28 bits per heavy atom. The van der Waals surface area contributed by atoms with E-state index in [1.807, 2.05) is 24.3 Å². The number of ketones is 1. The number of rotatable bonds is 2. The van der Waals surface area contributed by atoms with Crippen LogP contribution in [0.5, 0.6) is 0 Å². The second-order valence-corrected chi connectivity index (χ2v) is 9.70. The Hall–Kier alpha value is -2.44. The first kappa shape index (κ1) is 22.7. The zero-order valence-corrected chi connectivity index (χ0v) is 17.5. The van der Waals surface area contributed by atoms with Crippen molar-refractivity contribution in [1.29, 1.82) is 0 Å². The van der Waals surface area contributed by atoms with Gasteiger partial charge in [0.15, 0.2) is 0 Å². The van der Waals surface area contributed by atoms with Gasteiger partial charge in [0.05, 0.1) is 12.1 Å². The van der Waals surface area contributed by atoms with Crippen LogP contribution in [-0.4, -0.2) is 64.8 Å². The minimum atomic E-state index is -5.84. The molecule has 6 rings (SSSR count). The number of nitrogens with zero attached hydrogens (tertiary/aromatic N) is 1. The molecule has 1 aromatic carbocycles. The molecule has 0 spiro atoms. The number of H-pyrrole nitrogens is 1. The summed E-state index contributed by atoms with van der Waals surface area (Å²) in [4.78, 5) is 30.0. The SMILES string of the molecule is O=C(OC1C[C@@H]2CC3C[C@H](C1)N2CC3=O)c1c[nH]c2ccccc12.O=S(=O)(O)C(F)(F)F. The molecule has 0 saturated carbocycles. The molecule has 8 nitrogen and oxygen atoms in total. The molecule has 2 N–H and O–H groups in total. The van der Waals surface area contributed by atoms with Gasteiger partial charge in [0.1, 0.15) is 11.9 Å². The highest BCUT2D eigenvalue weighted by atomic mass is 32.2. The van der Waals surface area contributed by atoms with Crippen molar-refractivity contribution in [2.45, 2.75) is 49.4 Å². The summed E-state index contributed by atoms with van der Waals surface area (Å²) in [5.41, 5.74) is -3.97. The van der Waals surface area contributed by atoms with Crippen LogP contribution in [0.2, 0.25) is 0 Å². The molecule has 5 heterocycles. The van der Waals surface area contributed by atoms with E-state index in [-0.39, 0.29) is 18.0 Å². The molecule has 12 heteroatoms. The van der Waals surface area contributed by atoms with Crippen molar-refractivity contribution in [2.24, 2.45) is 5.92 Å². The zero-order chi connectivity index (χ0) is 23.3. The molecular formula is C20H21F3N2O6S. The highest BCUT2D eigenvalue weighted by Crippen LogP contribution is 2.42. The Kier molecular flexibility index (Phi) is 5.80. The van der Waals surface area contributed by atoms with Gasteiger partial charge in [-0.3, -0.25) is 14.2 Å². The van der Waals surface area contributed by atoms with E-state index in [0.717, 1.165) is 36.6 Å². The lowest BCUT2D eigenvalue weighted by Gasteiger charge is -2.54. The number of para-hydroxylation sites is 1. The Bertz CT molecular complexity index is 1130. The molecule has 5 atom stereocenters. The summed E-state index contributed by atoms with van der Waals surface area (Å²) < 4.78 is 63.4. The summed E-state index contributed by atoms with van der Waals surface area (Å²) in [6, 6.07) is 8.58. The molecule has 3 unspecified atom stereocenters. The Balaban J connectivity index is 0.000000265. The van der Waals surface area contributed by atoms with Crippen molar-refractivity contribution >= 4 is 32.8 Å². The van der Waals surface area contributed by atoms with Crippen LogP contribution in [0.15, 0.2) is 30.5 Å². The summed E-state index contributed by atoms with van der Waals surface area (Å²) in [5, 5.41) is 0.909. The van der Waals surface area contributed by atoms with Crippen LogP contribution in [-0.2, 0) is 19.6 Å². The minimum absolute atomic E-state index is 0.0356. The van der Waals surface area contributed by atoms with Crippen molar-refractivity contribution < 1.29 is 40.5 Å². The fourth-order valence-electron chi connectivity index (χ4n) is 4.87. The number of Topliss-reactive ketones (excluding diaryl/α,β-unsaturated/α-hetero) is 1. The van der Waals surface area contributed by atoms with Gasteiger partial charge in [0.2, 0.25) is 0 Å². The van der Waals surface area contributed by atoms with Gasteiger partial charge >= 0.3 is 21.6 Å². The van der Waals surface area contributed by atoms with Gasteiger partial charge in [0, 0.05) is 47.9 Å². The maximum atomic E-state index is 12.6. The van der Waals surface area contributed by atoms with E-state index >= 15 is 0 Å². The van der Waals surface area contributed by atoms with Gasteiger partial charge in [-0.1, -0.05) is 18.2 Å². The molecule has 4 saturated heterocycles. The number of ether oxygens (including phenoxy) is 1. The Morgan fingerprint density at radius 1 is 1.12 bits per heavy atom. The lowest BCUT2D eigenvalue weighted by molar-refractivity contribution is -0.145. The molecule has 0 radical (unpaired) electrons. The van der Waals surface area contributed by atoms with Gasteiger partial charge in [-0.15, -0.1) is 0 Å². The molecule has 1 aromatic heterocycles. The molecule has 2 aromatic rings. The molecule has 4 bridgehead atoms. The normalized spacial score (nSPS) is 29.4. The molecule has 32 heavy (non-hydrogen) atoms. The van der Waals surface area contributed by atoms with Crippen LogP contribution in [0.25, 0.3) is 10.9 Å². The summed E-state index contributed by atoms with van der Waals surface area (Å²) in [5.74, 6) is 0.403. The third kappa shape index (κ3) is 4.39. The molecule has 174 valence electrons. The average Bonchev–Trinajstić information content (AvgIpc) is 3.11. The monoisotopic (exact) mass is 474 g/mol. The van der Waals surface area contributed by atoms with Crippen LogP contribution < -0.4 is 0 Å². The fraction of sp³-hybridized carbons (Fsp3) is 0.500. The number of fused-ring (bicyclic) bond motifs is 2. The maximum absolute atomic E-state index is 12.6. The van der Waals surface area contributed by atoms with E-state index in [2.05, 4.69) is 9.88 Å². The van der Waals surface area contributed by atoms with Crippen molar-refractivity contribution in [2.75, 3.05) is 6.54 Å². The van der Waals surface area contributed by atoms with Crippen molar-refractivity contribution in [1.82, 2.24) is 9.88 Å². The van der Waals surface area contributed by atoms with E-state index in [4.69, 9.17) is 17.7 Å². The highest BCUT2D eigenvalue weighted by Gasteiger charge is 2.49. The molecule has 0 aliphatic carbocycles. The third-order valence-electron chi connectivity index (χ3n) is 6.29. The van der Waals surface area contributed by atoms with Crippen LogP contribution in [0.4, 0.5) is 13.2 Å². The molecule has 4 fully saturated rings. The summed E-state index contributed by atoms with van der Waals surface area (Å²) in [6.45, 7) is 0.600. The smallest absolute Gasteiger partial charge is 0.459 e. The minimum Gasteiger partial charge on any atom is -0.459 e. The van der Waals surface area contributed by atoms with E-state index in [1.54, 1.807) is 6.20 Å². The number of carbonyl (C=O) groups is 2. The molecule has 4 aliphatic heterocycles. The second-order valence-electron chi connectivity index (χ2n) is 8.28. The standard InChI is InChI=1S/C19H20N2O3.CHF3O3S/c22-18-10-21-12-5-11(18)6-13(21)8-14(7-12)24-19(23)16-9-20-17-4-2-1-3-15(16)17;2-1(3,4)8(5,6)7/h1-4,9,11-14,20H,5-8,10H2;(H,5,6,7)/t11?,12-,13+,14?;. The number of carbonyl (C=O) groups excluding carboxylic acids is 2.